The highest BCUT2D eigenvalue weighted by Crippen LogP contribution is 2.24. The standard InChI is InChI=1S/C17H23N5OS/c1-12-19-14(10-24-12)7-21-8-15-6-18-11-22(15)16(9-21)17(23)20-13-4-2-3-5-13/h6,10-11,13,16H,2-5,7-9H2,1H3,(H,20,23). The Labute approximate surface area is 145 Å². The first-order valence-corrected chi connectivity index (χ1v) is 9.51. The Morgan fingerprint density at radius 2 is 2.25 bits per heavy atom. The number of amides is 1. The summed E-state index contributed by atoms with van der Waals surface area (Å²) in [6.07, 6.45) is 8.32. The van der Waals surface area contributed by atoms with Gasteiger partial charge in [-0.05, 0) is 19.8 Å². The summed E-state index contributed by atoms with van der Waals surface area (Å²) in [5.41, 5.74) is 2.18. The minimum atomic E-state index is -0.198. The number of carbonyl (C=O) groups excluding carboxylic acids is 1. The zero-order chi connectivity index (χ0) is 16.5. The van der Waals surface area contributed by atoms with Crippen LogP contribution in [-0.4, -0.2) is 37.9 Å². The fraction of sp³-hybridized carbons (Fsp3) is 0.588. The Kier molecular flexibility index (Phi) is 4.37. The van der Waals surface area contributed by atoms with E-state index >= 15 is 0 Å². The van der Waals surface area contributed by atoms with Crippen molar-refractivity contribution in [2.24, 2.45) is 0 Å². The maximum atomic E-state index is 12.8. The lowest BCUT2D eigenvalue weighted by molar-refractivity contribution is -0.126. The number of nitrogens with zero attached hydrogens (tertiary/aromatic N) is 4. The second kappa shape index (κ2) is 6.64. The van der Waals surface area contributed by atoms with Crippen LogP contribution in [0.5, 0.6) is 0 Å². The highest BCUT2D eigenvalue weighted by atomic mass is 32.1. The van der Waals surface area contributed by atoms with Gasteiger partial charge in [-0.25, -0.2) is 9.97 Å². The monoisotopic (exact) mass is 345 g/mol. The van der Waals surface area contributed by atoms with Crippen LogP contribution in [0.4, 0.5) is 0 Å². The van der Waals surface area contributed by atoms with Crippen LogP contribution in [0, 0.1) is 6.92 Å². The zero-order valence-corrected chi connectivity index (χ0v) is 14.8. The Hall–Kier alpha value is -1.73. The molecule has 0 radical (unpaired) electrons. The molecule has 2 aromatic heterocycles. The second-order valence-corrected chi connectivity index (χ2v) is 7.89. The predicted octanol–water partition coefficient (Wildman–Crippen LogP) is 2.26. The number of nitrogens with one attached hydrogen (secondary N) is 1. The topological polar surface area (TPSA) is 63.1 Å². The largest absolute Gasteiger partial charge is 0.352 e. The number of thiazole rings is 1. The minimum Gasteiger partial charge on any atom is -0.352 e. The number of rotatable bonds is 4. The summed E-state index contributed by atoms with van der Waals surface area (Å²) < 4.78 is 2.03. The Morgan fingerprint density at radius 3 is 3.00 bits per heavy atom. The summed E-state index contributed by atoms with van der Waals surface area (Å²) in [6, 6.07) is 0.151. The van der Waals surface area contributed by atoms with E-state index in [0.717, 1.165) is 42.3 Å². The average Bonchev–Trinajstić information content (AvgIpc) is 3.28. The van der Waals surface area contributed by atoms with E-state index in [9.17, 15) is 4.79 Å². The van der Waals surface area contributed by atoms with Crippen LogP contribution in [0.15, 0.2) is 17.9 Å². The fourth-order valence-corrected chi connectivity index (χ4v) is 4.37. The van der Waals surface area contributed by atoms with Crippen molar-refractivity contribution in [2.45, 2.75) is 57.8 Å². The van der Waals surface area contributed by atoms with Crippen LogP contribution in [0.25, 0.3) is 0 Å². The molecule has 4 rings (SSSR count). The lowest BCUT2D eigenvalue weighted by atomic mass is 10.1. The summed E-state index contributed by atoms with van der Waals surface area (Å²) in [4.78, 5) is 23.9. The molecule has 1 unspecified atom stereocenters. The van der Waals surface area contributed by atoms with Gasteiger partial charge in [-0.15, -0.1) is 11.3 Å². The van der Waals surface area contributed by atoms with Crippen molar-refractivity contribution in [2.75, 3.05) is 6.54 Å². The molecule has 1 fully saturated rings. The fourth-order valence-electron chi connectivity index (χ4n) is 3.77. The smallest absolute Gasteiger partial charge is 0.244 e. The number of carbonyl (C=O) groups is 1. The third-order valence-electron chi connectivity index (χ3n) is 4.96. The molecule has 0 aromatic carbocycles. The molecule has 6 nitrogen and oxygen atoms in total. The van der Waals surface area contributed by atoms with Crippen molar-refractivity contribution in [3.05, 3.63) is 34.3 Å². The lowest BCUT2D eigenvalue weighted by Gasteiger charge is -2.33. The minimum absolute atomic E-state index is 0.125. The van der Waals surface area contributed by atoms with Crippen molar-refractivity contribution in [3.63, 3.8) is 0 Å². The summed E-state index contributed by atoms with van der Waals surface area (Å²) in [7, 11) is 0. The van der Waals surface area contributed by atoms with Gasteiger partial charge in [0, 0.05) is 37.3 Å². The highest BCUT2D eigenvalue weighted by Gasteiger charge is 2.31. The lowest BCUT2D eigenvalue weighted by Crippen LogP contribution is -2.46. The van der Waals surface area contributed by atoms with E-state index < -0.39 is 0 Å². The summed E-state index contributed by atoms with van der Waals surface area (Å²) in [5, 5.41) is 6.43. The molecule has 3 heterocycles. The van der Waals surface area contributed by atoms with Gasteiger partial charge in [-0.2, -0.15) is 0 Å². The summed E-state index contributed by atoms with van der Waals surface area (Å²) >= 11 is 1.67. The molecule has 0 bridgehead atoms. The van der Waals surface area contributed by atoms with Gasteiger partial charge < -0.3 is 9.88 Å². The molecule has 7 heteroatoms. The van der Waals surface area contributed by atoms with Gasteiger partial charge in [0.15, 0.2) is 0 Å². The van der Waals surface area contributed by atoms with Crippen LogP contribution in [-0.2, 0) is 17.9 Å². The van der Waals surface area contributed by atoms with E-state index in [1.807, 2.05) is 17.7 Å². The third kappa shape index (κ3) is 3.23. The number of hydrogen-bond acceptors (Lipinski definition) is 5. The van der Waals surface area contributed by atoms with Crippen LogP contribution < -0.4 is 5.32 Å². The van der Waals surface area contributed by atoms with E-state index in [4.69, 9.17) is 0 Å². The molecule has 1 N–H and O–H groups in total. The third-order valence-corrected chi connectivity index (χ3v) is 5.78. The zero-order valence-electron chi connectivity index (χ0n) is 13.9. The molecule has 1 aliphatic carbocycles. The number of imidazole rings is 1. The second-order valence-electron chi connectivity index (χ2n) is 6.83. The first-order valence-electron chi connectivity index (χ1n) is 8.63. The van der Waals surface area contributed by atoms with Crippen molar-refractivity contribution < 1.29 is 4.79 Å². The molecule has 24 heavy (non-hydrogen) atoms. The highest BCUT2D eigenvalue weighted by molar-refractivity contribution is 7.09. The number of aryl methyl sites for hydroxylation is 1. The van der Waals surface area contributed by atoms with Gasteiger partial charge in [0.05, 0.1) is 22.7 Å². The number of hydrogen-bond donors (Lipinski definition) is 1. The van der Waals surface area contributed by atoms with Gasteiger partial charge >= 0.3 is 0 Å². The first kappa shape index (κ1) is 15.8. The molecule has 2 aliphatic rings. The molecule has 0 spiro atoms. The van der Waals surface area contributed by atoms with E-state index in [1.54, 1.807) is 17.7 Å². The predicted molar refractivity (Wildman–Crippen MR) is 92.6 cm³/mol. The van der Waals surface area contributed by atoms with Gasteiger partial charge in [-0.3, -0.25) is 9.69 Å². The average molecular weight is 345 g/mol. The van der Waals surface area contributed by atoms with Crippen LogP contribution in [0.3, 0.4) is 0 Å². The van der Waals surface area contributed by atoms with Crippen molar-refractivity contribution >= 4 is 17.2 Å². The maximum Gasteiger partial charge on any atom is 0.244 e. The summed E-state index contributed by atoms with van der Waals surface area (Å²) in [6.45, 7) is 4.32. The molecular weight excluding hydrogens is 322 g/mol. The van der Waals surface area contributed by atoms with E-state index in [-0.39, 0.29) is 11.9 Å². The van der Waals surface area contributed by atoms with E-state index in [1.165, 1.54) is 12.8 Å². The van der Waals surface area contributed by atoms with Crippen LogP contribution >= 0.6 is 11.3 Å². The Bertz CT molecular complexity index is 718. The molecule has 1 atom stereocenters. The van der Waals surface area contributed by atoms with Crippen molar-refractivity contribution in [1.82, 2.24) is 24.8 Å². The normalized spacial score (nSPS) is 21.8. The SMILES string of the molecule is Cc1nc(CN2Cc3cncn3C(C(=O)NC3CCCC3)C2)cs1. The Morgan fingerprint density at radius 1 is 1.42 bits per heavy atom. The van der Waals surface area contributed by atoms with Gasteiger partial charge in [0.25, 0.3) is 0 Å². The van der Waals surface area contributed by atoms with E-state index in [0.29, 0.717) is 12.6 Å². The number of fused-ring (bicyclic) bond motifs is 1. The molecule has 1 saturated carbocycles. The molecule has 2 aromatic rings. The van der Waals surface area contributed by atoms with Gasteiger partial charge in [0.1, 0.15) is 6.04 Å². The molecule has 1 amide bonds. The molecular formula is C17H23N5OS. The van der Waals surface area contributed by atoms with Crippen LogP contribution in [0.2, 0.25) is 0 Å². The molecule has 128 valence electrons. The van der Waals surface area contributed by atoms with Crippen molar-refractivity contribution in [3.8, 4) is 0 Å². The van der Waals surface area contributed by atoms with E-state index in [2.05, 4.69) is 25.6 Å². The Balaban J connectivity index is 1.49. The van der Waals surface area contributed by atoms with Crippen molar-refractivity contribution in [1.29, 1.82) is 0 Å². The summed E-state index contributed by atoms with van der Waals surface area (Å²) in [5.74, 6) is 0.125. The number of aromatic nitrogens is 3. The maximum absolute atomic E-state index is 12.8. The quantitative estimate of drug-likeness (QED) is 0.923. The van der Waals surface area contributed by atoms with Gasteiger partial charge in [-0.1, -0.05) is 12.8 Å². The first-order chi connectivity index (χ1) is 11.7. The molecule has 1 aliphatic heterocycles. The van der Waals surface area contributed by atoms with Crippen LogP contribution in [0.1, 0.15) is 48.1 Å². The molecule has 0 saturated heterocycles. The van der Waals surface area contributed by atoms with Gasteiger partial charge in [0.2, 0.25) is 5.91 Å².